The molecule has 0 aliphatic rings. The normalized spacial score (nSPS) is 10.7. The van der Waals surface area contributed by atoms with Gasteiger partial charge in [0.05, 0.1) is 6.54 Å². The molecule has 0 unspecified atom stereocenters. The van der Waals surface area contributed by atoms with Crippen molar-refractivity contribution in [3.05, 3.63) is 70.0 Å². The van der Waals surface area contributed by atoms with Gasteiger partial charge in [0.25, 0.3) is 0 Å². The molecule has 0 saturated carbocycles. The van der Waals surface area contributed by atoms with Crippen molar-refractivity contribution in [2.45, 2.75) is 6.92 Å². The van der Waals surface area contributed by atoms with Crippen LogP contribution in [0.2, 0.25) is 0 Å². The zero-order chi connectivity index (χ0) is 18.4. The number of rotatable bonds is 5. The summed E-state index contributed by atoms with van der Waals surface area (Å²) in [5.41, 5.74) is 2.34. The third kappa shape index (κ3) is 5.83. The number of hydrogen-bond acceptors (Lipinski definition) is 2. The lowest BCUT2D eigenvalue weighted by molar-refractivity contribution is -0.129. The van der Waals surface area contributed by atoms with E-state index in [4.69, 9.17) is 0 Å². The highest BCUT2D eigenvalue weighted by Gasteiger charge is 2.11. The van der Waals surface area contributed by atoms with Crippen molar-refractivity contribution in [2.24, 2.45) is 0 Å². The van der Waals surface area contributed by atoms with E-state index >= 15 is 0 Å². The van der Waals surface area contributed by atoms with E-state index in [1.807, 2.05) is 19.1 Å². The molecule has 1 N–H and O–H groups in total. The van der Waals surface area contributed by atoms with Crippen LogP contribution in [0.5, 0.6) is 0 Å². The molecule has 130 valence electrons. The molecule has 0 aromatic heterocycles. The van der Waals surface area contributed by atoms with E-state index in [2.05, 4.69) is 21.2 Å². The van der Waals surface area contributed by atoms with Gasteiger partial charge in [0.1, 0.15) is 5.82 Å². The van der Waals surface area contributed by atoms with Crippen LogP contribution in [-0.4, -0.2) is 30.3 Å². The number of halogens is 2. The van der Waals surface area contributed by atoms with Crippen molar-refractivity contribution >= 4 is 39.5 Å². The Bertz CT molecular complexity index is 804. The van der Waals surface area contributed by atoms with Crippen LogP contribution in [-0.2, 0) is 9.59 Å². The van der Waals surface area contributed by atoms with Crippen LogP contribution in [0.4, 0.5) is 10.1 Å². The standard InChI is InChI=1S/C19H18BrFN2O2/c1-13-11-15(20)6-9-17(13)22-18(24)12-23(2)19(25)10-5-14-3-7-16(21)8-4-14/h3-11H,12H2,1-2H3,(H,22,24). The first-order chi connectivity index (χ1) is 11.8. The number of hydrogen-bond donors (Lipinski definition) is 1. The lowest BCUT2D eigenvalue weighted by Gasteiger charge is -2.15. The number of amides is 2. The lowest BCUT2D eigenvalue weighted by Crippen LogP contribution is -2.34. The third-order valence-electron chi connectivity index (χ3n) is 3.51. The molecule has 2 aromatic carbocycles. The summed E-state index contributed by atoms with van der Waals surface area (Å²) in [6.45, 7) is 1.82. The number of benzene rings is 2. The molecule has 2 rings (SSSR count). The van der Waals surface area contributed by atoms with Crippen molar-refractivity contribution in [1.29, 1.82) is 0 Å². The van der Waals surface area contributed by atoms with E-state index in [9.17, 15) is 14.0 Å². The molecule has 0 bridgehead atoms. The van der Waals surface area contributed by atoms with Gasteiger partial charge in [-0.1, -0.05) is 28.1 Å². The summed E-state index contributed by atoms with van der Waals surface area (Å²) in [6, 6.07) is 11.3. The van der Waals surface area contributed by atoms with Gasteiger partial charge in [0.2, 0.25) is 11.8 Å². The van der Waals surface area contributed by atoms with E-state index in [-0.39, 0.29) is 24.2 Å². The van der Waals surface area contributed by atoms with Gasteiger partial charge in [0, 0.05) is 23.3 Å². The Morgan fingerprint density at radius 1 is 1.20 bits per heavy atom. The summed E-state index contributed by atoms with van der Waals surface area (Å²) in [5.74, 6) is -0.927. The molecule has 2 aromatic rings. The average molecular weight is 405 g/mol. The fourth-order valence-electron chi connectivity index (χ4n) is 2.12. The first kappa shape index (κ1) is 18.9. The molecule has 4 nitrogen and oxygen atoms in total. The number of anilines is 1. The van der Waals surface area contributed by atoms with Crippen molar-refractivity contribution in [1.82, 2.24) is 4.90 Å². The predicted molar refractivity (Wildman–Crippen MR) is 101 cm³/mol. The second-order valence-corrected chi connectivity index (χ2v) is 6.50. The molecular formula is C19H18BrFN2O2. The molecule has 2 amide bonds. The Morgan fingerprint density at radius 2 is 1.88 bits per heavy atom. The van der Waals surface area contributed by atoms with Crippen LogP contribution in [0.15, 0.2) is 53.0 Å². The zero-order valence-corrected chi connectivity index (χ0v) is 15.5. The summed E-state index contributed by atoms with van der Waals surface area (Å²) >= 11 is 3.37. The molecule has 0 atom stereocenters. The monoisotopic (exact) mass is 404 g/mol. The highest BCUT2D eigenvalue weighted by atomic mass is 79.9. The Hall–Kier alpha value is -2.47. The summed E-state index contributed by atoms with van der Waals surface area (Å²) in [5, 5.41) is 2.78. The first-order valence-corrected chi connectivity index (χ1v) is 8.39. The molecule has 0 aliphatic heterocycles. The Balaban J connectivity index is 1.91. The fraction of sp³-hybridized carbons (Fsp3) is 0.158. The van der Waals surface area contributed by atoms with Crippen LogP contribution >= 0.6 is 15.9 Å². The number of likely N-dealkylation sites (N-methyl/N-ethyl adjacent to an activating group) is 1. The second kappa shape index (κ2) is 8.58. The van der Waals surface area contributed by atoms with Crippen LogP contribution in [0, 0.1) is 12.7 Å². The minimum absolute atomic E-state index is 0.0674. The maximum Gasteiger partial charge on any atom is 0.246 e. The molecule has 0 radical (unpaired) electrons. The summed E-state index contributed by atoms with van der Waals surface area (Å²) in [6.07, 6.45) is 2.93. The average Bonchev–Trinajstić information content (AvgIpc) is 2.56. The van der Waals surface area contributed by atoms with Gasteiger partial charge >= 0.3 is 0 Å². The minimum Gasteiger partial charge on any atom is -0.333 e. The van der Waals surface area contributed by atoms with E-state index < -0.39 is 0 Å². The molecule has 0 aliphatic carbocycles. The topological polar surface area (TPSA) is 49.4 Å². The smallest absolute Gasteiger partial charge is 0.246 e. The van der Waals surface area contributed by atoms with Crippen molar-refractivity contribution in [3.8, 4) is 0 Å². The number of carbonyl (C=O) groups is 2. The van der Waals surface area contributed by atoms with E-state index in [1.54, 1.807) is 31.3 Å². The van der Waals surface area contributed by atoms with Gasteiger partial charge in [-0.3, -0.25) is 9.59 Å². The molecule has 0 saturated heterocycles. The van der Waals surface area contributed by atoms with Gasteiger partial charge in [-0.15, -0.1) is 0 Å². The van der Waals surface area contributed by atoms with Gasteiger partial charge in [-0.05, 0) is 54.5 Å². The molecule has 0 heterocycles. The largest absolute Gasteiger partial charge is 0.333 e. The van der Waals surface area contributed by atoms with Crippen molar-refractivity contribution < 1.29 is 14.0 Å². The molecule has 25 heavy (non-hydrogen) atoms. The van der Waals surface area contributed by atoms with Crippen molar-refractivity contribution in [3.63, 3.8) is 0 Å². The summed E-state index contributed by atoms with van der Waals surface area (Å²) in [4.78, 5) is 25.5. The quantitative estimate of drug-likeness (QED) is 0.765. The second-order valence-electron chi connectivity index (χ2n) is 5.59. The predicted octanol–water partition coefficient (Wildman–Crippen LogP) is 4.01. The van der Waals surface area contributed by atoms with Gasteiger partial charge < -0.3 is 10.2 Å². The molecule has 6 heteroatoms. The van der Waals surface area contributed by atoms with Gasteiger partial charge in [-0.25, -0.2) is 4.39 Å². The highest BCUT2D eigenvalue weighted by molar-refractivity contribution is 9.10. The summed E-state index contributed by atoms with van der Waals surface area (Å²) in [7, 11) is 1.55. The SMILES string of the molecule is Cc1cc(Br)ccc1NC(=O)CN(C)C(=O)C=Cc1ccc(F)cc1. The number of nitrogens with zero attached hydrogens (tertiary/aromatic N) is 1. The Morgan fingerprint density at radius 3 is 2.52 bits per heavy atom. The van der Waals surface area contributed by atoms with Crippen molar-refractivity contribution in [2.75, 3.05) is 18.9 Å². The zero-order valence-electron chi connectivity index (χ0n) is 13.9. The number of carbonyl (C=O) groups excluding carboxylic acids is 2. The van der Waals surface area contributed by atoms with Crippen LogP contribution in [0.3, 0.4) is 0 Å². The van der Waals surface area contributed by atoms with Crippen LogP contribution in [0.1, 0.15) is 11.1 Å². The maximum absolute atomic E-state index is 12.8. The van der Waals surface area contributed by atoms with Gasteiger partial charge in [0.15, 0.2) is 0 Å². The minimum atomic E-state index is -0.333. The highest BCUT2D eigenvalue weighted by Crippen LogP contribution is 2.19. The first-order valence-electron chi connectivity index (χ1n) is 7.60. The van der Waals surface area contributed by atoms with Gasteiger partial charge in [-0.2, -0.15) is 0 Å². The Kier molecular flexibility index (Phi) is 6.47. The molecule has 0 fully saturated rings. The molecule has 0 spiro atoms. The number of nitrogens with one attached hydrogen (secondary N) is 1. The maximum atomic E-state index is 12.8. The van der Waals surface area contributed by atoms with Crippen LogP contribution in [0.25, 0.3) is 6.08 Å². The lowest BCUT2D eigenvalue weighted by atomic mass is 10.2. The van der Waals surface area contributed by atoms with E-state index in [0.717, 1.165) is 10.0 Å². The summed E-state index contributed by atoms with van der Waals surface area (Å²) < 4.78 is 13.8. The van der Waals surface area contributed by atoms with E-state index in [0.29, 0.717) is 11.3 Å². The van der Waals surface area contributed by atoms with Crippen LogP contribution < -0.4 is 5.32 Å². The third-order valence-corrected chi connectivity index (χ3v) is 4.00. The number of aryl methyl sites for hydroxylation is 1. The Labute approximate surface area is 154 Å². The van der Waals surface area contributed by atoms with E-state index in [1.165, 1.54) is 23.1 Å². The fourth-order valence-corrected chi connectivity index (χ4v) is 2.59. The molecular weight excluding hydrogens is 387 g/mol.